The molecule has 2 N–H and O–H groups in total. The third-order valence-electron chi connectivity index (χ3n) is 5.65. The highest BCUT2D eigenvalue weighted by molar-refractivity contribution is 6.31. The fraction of sp³-hybridized carbons (Fsp3) is 0.476. The smallest absolute Gasteiger partial charge is 0.258 e. The topological polar surface area (TPSA) is 87.6 Å². The van der Waals surface area contributed by atoms with Crippen LogP contribution in [-0.4, -0.2) is 39.6 Å². The number of aliphatic hydroxyl groups is 1. The predicted octanol–water partition coefficient (Wildman–Crippen LogP) is 3.08. The number of anilines is 1. The van der Waals surface area contributed by atoms with Crippen molar-refractivity contribution in [3.8, 4) is 5.88 Å². The van der Waals surface area contributed by atoms with Gasteiger partial charge in [-0.15, -0.1) is 0 Å². The number of benzene rings is 1. The number of halogens is 1. The van der Waals surface area contributed by atoms with Crippen LogP contribution in [0.25, 0.3) is 0 Å². The van der Waals surface area contributed by atoms with E-state index >= 15 is 0 Å². The van der Waals surface area contributed by atoms with E-state index < -0.39 is 0 Å². The Hall–Kier alpha value is -2.38. The molecule has 0 unspecified atom stereocenters. The lowest BCUT2D eigenvalue weighted by molar-refractivity contribution is 0.0950. The Morgan fingerprint density at radius 1 is 1.38 bits per heavy atom. The summed E-state index contributed by atoms with van der Waals surface area (Å²) in [6.07, 6.45) is 6.19. The van der Waals surface area contributed by atoms with Crippen molar-refractivity contribution in [3.05, 3.63) is 46.1 Å². The first-order valence-corrected chi connectivity index (χ1v) is 10.4. The van der Waals surface area contributed by atoms with Crippen molar-refractivity contribution in [2.75, 3.05) is 18.0 Å². The molecule has 1 aliphatic heterocycles. The van der Waals surface area contributed by atoms with Gasteiger partial charge in [0.25, 0.3) is 5.91 Å². The van der Waals surface area contributed by atoms with Gasteiger partial charge in [-0.2, -0.15) is 4.98 Å². The fourth-order valence-corrected chi connectivity index (χ4v) is 4.15. The minimum Gasteiger partial charge on any atom is -0.472 e. The van der Waals surface area contributed by atoms with Gasteiger partial charge in [0, 0.05) is 29.8 Å². The Labute approximate surface area is 175 Å². The Morgan fingerprint density at radius 3 is 2.90 bits per heavy atom. The molecular weight excluding hydrogens is 392 g/mol. The Bertz CT molecular complexity index is 917. The van der Waals surface area contributed by atoms with Crippen molar-refractivity contribution >= 4 is 23.5 Å². The predicted molar refractivity (Wildman–Crippen MR) is 110 cm³/mol. The molecule has 29 heavy (non-hydrogen) atoms. The highest BCUT2D eigenvalue weighted by Gasteiger charge is 2.51. The molecule has 4 rings (SSSR count). The van der Waals surface area contributed by atoms with E-state index in [1.165, 1.54) is 19.3 Å². The van der Waals surface area contributed by atoms with E-state index in [0.717, 1.165) is 18.5 Å². The SMILES string of the molecule is CCNC(=O)c1cnc(N2CCCC23CC3)nc1OCc1ccc(CO)c(Cl)c1. The maximum Gasteiger partial charge on any atom is 0.258 e. The number of carbonyl (C=O) groups is 1. The molecule has 2 heterocycles. The molecule has 1 spiro atoms. The fourth-order valence-electron chi connectivity index (χ4n) is 3.88. The van der Waals surface area contributed by atoms with Gasteiger partial charge in [0.05, 0.1) is 6.61 Å². The molecule has 0 radical (unpaired) electrons. The lowest BCUT2D eigenvalue weighted by atomic mass is 10.1. The minimum absolute atomic E-state index is 0.117. The van der Waals surface area contributed by atoms with Crippen molar-refractivity contribution in [2.45, 2.75) is 51.4 Å². The number of rotatable bonds is 7. The summed E-state index contributed by atoms with van der Waals surface area (Å²) >= 11 is 6.17. The molecule has 1 saturated carbocycles. The van der Waals surface area contributed by atoms with Gasteiger partial charge in [-0.3, -0.25) is 4.79 Å². The molecule has 154 valence electrons. The van der Waals surface area contributed by atoms with E-state index in [4.69, 9.17) is 16.3 Å². The number of nitrogens with one attached hydrogen (secondary N) is 1. The summed E-state index contributed by atoms with van der Waals surface area (Å²) in [4.78, 5) is 23.8. The lowest BCUT2D eigenvalue weighted by Gasteiger charge is -2.24. The molecule has 2 fully saturated rings. The highest BCUT2D eigenvalue weighted by atomic mass is 35.5. The summed E-state index contributed by atoms with van der Waals surface area (Å²) in [6, 6.07) is 5.35. The quantitative estimate of drug-likeness (QED) is 0.721. The van der Waals surface area contributed by atoms with Gasteiger partial charge in [-0.05, 0) is 49.8 Å². The Kier molecular flexibility index (Phi) is 5.61. The van der Waals surface area contributed by atoms with Gasteiger partial charge in [-0.1, -0.05) is 23.7 Å². The lowest BCUT2D eigenvalue weighted by Crippen LogP contribution is -2.33. The first-order chi connectivity index (χ1) is 14.1. The van der Waals surface area contributed by atoms with Crippen LogP contribution < -0.4 is 15.0 Å². The summed E-state index contributed by atoms with van der Waals surface area (Å²) in [5, 5.41) is 12.5. The zero-order chi connectivity index (χ0) is 20.4. The number of amides is 1. The average molecular weight is 417 g/mol. The van der Waals surface area contributed by atoms with Crippen LogP contribution in [0.3, 0.4) is 0 Å². The van der Waals surface area contributed by atoms with Crippen LogP contribution in [0.4, 0.5) is 5.95 Å². The molecule has 0 atom stereocenters. The summed E-state index contributed by atoms with van der Waals surface area (Å²) in [5.74, 6) is 0.632. The number of carbonyl (C=O) groups excluding carboxylic acids is 1. The molecule has 7 nitrogen and oxygen atoms in total. The van der Waals surface area contributed by atoms with Crippen molar-refractivity contribution in [2.24, 2.45) is 0 Å². The number of hydrogen-bond donors (Lipinski definition) is 2. The number of aliphatic hydroxyl groups excluding tert-OH is 1. The standard InChI is InChI=1S/C21H25ClN4O3/c1-2-23-18(28)16-11-24-20(26-9-3-6-21(26)7-8-21)25-19(16)29-13-14-4-5-15(12-27)17(22)10-14/h4-5,10-11,27H,2-3,6-9,12-13H2,1H3,(H,23,28). The molecule has 0 bridgehead atoms. The van der Waals surface area contributed by atoms with Crippen LogP contribution in [0.5, 0.6) is 5.88 Å². The number of nitrogens with zero attached hydrogens (tertiary/aromatic N) is 3. The van der Waals surface area contributed by atoms with Crippen LogP contribution in [0.1, 0.15) is 54.1 Å². The van der Waals surface area contributed by atoms with Crippen molar-refractivity contribution in [1.29, 1.82) is 0 Å². The summed E-state index contributed by atoms with van der Waals surface area (Å²) < 4.78 is 5.95. The van der Waals surface area contributed by atoms with Crippen LogP contribution in [-0.2, 0) is 13.2 Å². The van der Waals surface area contributed by atoms with Crippen molar-refractivity contribution in [1.82, 2.24) is 15.3 Å². The second kappa shape index (κ2) is 8.16. The third kappa shape index (κ3) is 4.02. The first kappa shape index (κ1) is 19.9. The van der Waals surface area contributed by atoms with Gasteiger partial charge in [0.1, 0.15) is 12.2 Å². The Morgan fingerprint density at radius 2 is 2.21 bits per heavy atom. The van der Waals surface area contributed by atoms with Crippen molar-refractivity contribution in [3.63, 3.8) is 0 Å². The number of ether oxygens (including phenoxy) is 1. The minimum atomic E-state index is -0.259. The highest BCUT2D eigenvalue weighted by Crippen LogP contribution is 2.50. The first-order valence-electron chi connectivity index (χ1n) is 10.00. The summed E-state index contributed by atoms with van der Waals surface area (Å²) in [5.41, 5.74) is 2.01. The molecule has 1 aromatic carbocycles. The van der Waals surface area contributed by atoms with E-state index in [2.05, 4.69) is 20.2 Å². The average Bonchev–Trinajstić information content (AvgIpc) is 3.37. The van der Waals surface area contributed by atoms with E-state index in [0.29, 0.717) is 28.6 Å². The zero-order valence-corrected chi connectivity index (χ0v) is 17.2. The summed E-state index contributed by atoms with van der Waals surface area (Å²) in [7, 11) is 0. The molecule has 2 aliphatic rings. The second-order valence-corrected chi connectivity index (χ2v) is 8.01. The molecule has 1 aliphatic carbocycles. The van der Waals surface area contributed by atoms with E-state index in [9.17, 15) is 9.90 Å². The summed E-state index contributed by atoms with van der Waals surface area (Å²) in [6.45, 7) is 3.39. The monoisotopic (exact) mass is 416 g/mol. The molecule has 1 saturated heterocycles. The Balaban J connectivity index is 1.59. The maximum atomic E-state index is 12.5. The number of aromatic nitrogens is 2. The van der Waals surface area contributed by atoms with Gasteiger partial charge in [0.2, 0.25) is 11.8 Å². The van der Waals surface area contributed by atoms with Gasteiger partial charge >= 0.3 is 0 Å². The maximum absolute atomic E-state index is 12.5. The van der Waals surface area contributed by atoms with E-state index in [1.54, 1.807) is 18.3 Å². The third-order valence-corrected chi connectivity index (χ3v) is 6.00. The van der Waals surface area contributed by atoms with Crippen LogP contribution in [0.15, 0.2) is 24.4 Å². The van der Waals surface area contributed by atoms with Gasteiger partial charge < -0.3 is 20.1 Å². The van der Waals surface area contributed by atoms with Crippen molar-refractivity contribution < 1.29 is 14.6 Å². The van der Waals surface area contributed by atoms with Gasteiger partial charge in [0.15, 0.2) is 0 Å². The molecule has 1 aromatic heterocycles. The van der Waals surface area contributed by atoms with Crippen LogP contribution in [0.2, 0.25) is 5.02 Å². The molecular formula is C21H25ClN4O3. The van der Waals surface area contributed by atoms with E-state index in [-0.39, 0.29) is 30.5 Å². The second-order valence-electron chi connectivity index (χ2n) is 7.60. The zero-order valence-electron chi connectivity index (χ0n) is 16.4. The molecule has 2 aromatic rings. The normalized spacial score (nSPS) is 16.9. The van der Waals surface area contributed by atoms with E-state index in [1.807, 2.05) is 13.0 Å². The van der Waals surface area contributed by atoms with Crippen LogP contribution >= 0.6 is 11.6 Å². The largest absolute Gasteiger partial charge is 0.472 e. The van der Waals surface area contributed by atoms with Crippen LogP contribution in [0, 0.1) is 0 Å². The number of hydrogen-bond acceptors (Lipinski definition) is 6. The molecule has 1 amide bonds. The van der Waals surface area contributed by atoms with Gasteiger partial charge in [-0.25, -0.2) is 4.98 Å². The molecule has 8 heteroatoms.